The molecule has 0 bridgehead atoms. The number of nitrogens with zero attached hydrogens (tertiary/aromatic N) is 2. The topological polar surface area (TPSA) is 79.5 Å². The largest absolute Gasteiger partial charge is 0.477 e. The Morgan fingerprint density at radius 3 is 2.75 bits per heavy atom. The number of carboxylic acid groups (broad SMARTS) is 1. The van der Waals surface area contributed by atoms with Crippen LogP contribution in [-0.4, -0.2) is 29.1 Å². The third kappa shape index (κ3) is 2.10. The molecule has 0 unspecified atom stereocenters. The molecule has 2 aromatic rings. The van der Waals surface area contributed by atoms with E-state index in [9.17, 15) is 4.79 Å². The van der Waals surface area contributed by atoms with Crippen LogP contribution >= 0.6 is 11.3 Å². The number of nitrogen functional groups attached to an aromatic ring is 1. The molecule has 1 fully saturated rings. The van der Waals surface area contributed by atoms with Gasteiger partial charge in [0.25, 0.3) is 0 Å². The van der Waals surface area contributed by atoms with Gasteiger partial charge in [0, 0.05) is 18.5 Å². The first kappa shape index (κ1) is 13.2. The molecule has 0 aliphatic carbocycles. The second-order valence-corrected chi connectivity index (χ2v) is 6.17. The lowest BCUT2D eigenvalue weighted by atomic mass is 10.1. The summed E-state index contributed by atoms with van der Waals surface area (Å²) in [7, 11) is 0. The SMILES string of the molecule is Cc1cc(N2CCCCC2)nc2sc(C(=O)O)c(N)c12. The molecule has 0 radical (unpaired) electrons. The Labute approximate surface area is 121 Å². The zero-order valence-corrected chi connectivity index (χ0v) is 12.2. The van der Waals surface area contributed by atoms with Crippen molar-refractivity contribution in [2.75, 3.05) is 23.7 Å². The lowest BCUT2D eigenvalue weighted by Gasteiger charge is -2.28. The highest BCUT2D eigenvalue weighted by Crippen LogP contribution is 2.36. The van der Waals surface area contributed by atoms with Crippen LogP contribution in [0.5, 0.6) is 0 Å². The molecule has 1 aliphatic heterocycles. The molecule has 20 heavy (non-hydrogen) atoms. The quantitative estimate of drug-likeness (QED) is 0.889. The highest BCUT2D eigenvalue weighted by molar-refractivity contribution is 7.21. The van der Waals surface area contributed by atoms with Gasteiger partial charge in [-0.15, -0.1) is 11.3 Å². The van der Waals surface area contributed by atoms with E-state index in [-0.39, 0.29) is 4.88 Å². The molecule has 0 aromatic carbocycles. The van der Waals surface area contributed by atoms with Crippen molar-refractivity contribution < 1.29 is 9.90 Å². The van der Waals surface area contributed by atoms with Crippen molar-refractivity contribution in [1.29, 1.82) is 0 Å². The number of aromatic nitrogens is 1. The molecule has 2 aromatic heterocycles. The molecule has 106 valence electrons. The van der Waals surface area contributed by atoms with Gasteiger partial charge in [0.15, 0.2) is 0 Å². The Morgan fingerprint density at radius 1 is 1.40 bits per heavy atom. The van der Waals surface area contributed by atoms with E-state index in [1.807, 2.05) is 13.0 Å². The molecule has 1 aliphatic rings. The van der Waals surface area contributed by atoms with Crippen molar-refractivity contribution in [3.63, 3.8) is 0 Å². The van der Waals surface area contributed by atoms with Crippen molar-refractivity contribution in [2.45, 2.75) is 26.2 Å². The smallest absolute Gasteiger partial charge is 0.348 e. The van der Waals surface area contributed by atoms with E-state index in [4.69, 9.17) is 10.8 Å². The van der Waals surface area contributed by atoms with E-state index >= 15 is 0 Å². The van der Waals surface area contributed by atoms with Crippen LogP contribution < -0.4 is 10.6 Å². The summed E-state index contributed by atoms with van der Waals surface area (Å²) in [5.74, 6) is -0.0442. The third-order valence-electron chi connectivity index (χ3n) is 3.76. The van der Waals surface area contributed by atoms with E-state index < -0.39 is 5.97 Å². The van der Waals surface area contributed by atoms with Gasteiger partial charge in [-0.1, -0.05) is 0 Å². The van der Waals surface area contributed by atoms with Crippen molar-refractivity contribution in [1.82, 2.24) is 4.98 Å². The highest BCUT2D eigenvalue weighted by Gasteiger charge is 2.20. The molecule has 0 spiro atoms. The second kappa shape index (κ2) is 4.94. The number of anilines is 2. The molecule has 0 amide bonds. The maximum absolute atomic E-state index is 11.2. The molecule has 6 heteroatoms. The summed E-state index contributed by atoms with van der Waals surface area (Å²) in [6.45, 7) is 4.00. The fourth-order valence-electron chi connectivity index (χ4n) is 2.74. The van der Waals surface area contributed by atoms with Gasteiger partial charge in [-0.2, -0.15) is 0 Å². The molecule has 0 saturated carbocycles. The Hall–Kier alpha value is -1.82. The fraction of sp³-hybridized carbons (Fsp3) is 0.429. The lowest BCUT2D eigenvalue weighted by molar-refractivity contribution is 0.0703. The molecule has 3 rings (SSSR count). The number of carboxylic acids is 1. The highest BCUT2D eigenvalue weighted by atomic mass is 32.1. The fourth-order valence-corrected chi connectivity index (χ4v) is 3.74. The number of hydrogen-bond acceptors (Lipinski definition) is 5. The molecule has 1 saturated heterocycles. The maximum atomic E-state index is 11.2. The number of rotatable bonds is 2. The summed E-state index contributed by atoms with van der Waals surface area (Å²) >= 11 is 1.16. The summed E-state index contributed by atoms with van der Waals surface area (Å²) < 4.78 is 0. The van der Waals surface area contributed by atoms with Crippen molar-refractivity contribution >= 4 is 39.0 Å². The number of aryl methyl sites for hydroxylation is 1. The number of pyridine rings is 1. The van der Waals surface area contributed by atoms with Gasteiger partial charge >= 0.3 is 5.97 Å². The monoisotopic (exact) mass is 291 g/mol. The first-order chi connectivity index (χ1) is 9.58. The van der Waals surface area contributed by atoms with Gasteiger partial charge in [-0.25, -0.2) is 9.78 Å². The number of aromatic carboxylic acids is 1. The summed E-state index contributed by atoms with van der Waals surface area (Å²) in [6.07, 6.45) is 3.64. The normalized spacial score (nSPS) is 15.8. The van der Waals surface area contributed by atoms with Crippen LogP contribution in [0, 0.1) is 6.92 Å². The van der Waals surface area contributed by atoms with Crippen LogP contribution in [0.4, 0.5) is 11.5 Å². The van der Waals surface area contributed by atoms with E-state index in [1.165, 1.54) is 19.3 Å². The van der Waals surface area contributed by atoms with Gasteiger partial charge in [-0.05, 0) is 37.8 Å². The van der Waals surface area contributed by atoms with E-state index in [0.717, 1.165) is 46.0 Å². The predicted octanol–water partition coefficient (Wildman–Crippen LogP) is 2.88. The number of hydrogen-bond donors (Lipinski definition) is 2. The van der Waals surface area contributed by atoms with Crippen LogP contribution in [0.15, 0.2) is 6.07 Å². The van der Waals surface area contributed by atoms with Gasteiger partial charge in [0.1, 0.15) is 15.5 Å². The Bertz CT molecular complexity index is 675. The molecule has 0 atom stereocenters. The minimum absolute atomic E-state index is 0.186. The summed E-state index contributed by atoms with van der Waals surface area (Å²) in [4.78, 5) is 19.0. The lowest BCUT2D eigenvalue weighted by Crippen LogP contribution is -2.30. The van der Waals surface area contributed by atoms with Crippen LogP contribution in [0.1, 0.15) is 34.5 Å². The van der Waals surface area contributed by atoms with Crippen LogP contribution in [-0.2, 0) is 0 Å². The summed E-state index contributed by atoms with van der Waals surface area (Å²) in [5.41, 5.74) is 7.28. The van der Waals surface area contributed by atoms with Gasteiger partial charge in [0.05, 0.1) is 5.69 Å². The van der Waals surface area contributed by atoms with E-state index in [1.54, 1.807) is 0 Å². The van der Waals surface area contributed by atoms with Crippen LogP contribution in [0.25, 0.3) is 10.2 Å². The van der Waals surface area contributed by atoms with Crippen LogP contribution in [0.2, 0.25) is 0 Å². The number of piperidine rings is 1. The zero-order valence-electron chi connectivity index (χ0n) is 11.3. The number of thiophene rings is 1. The van der Waals surface area contributed by atoms with E-state index in [0.29, 0.717) is 5.69 Å². The standard InChI is InChI=1S/C14H17N3O2S/c1-8-7-9(17-5-3-2-4-6-17)16-13-10(8)11(15)12(20-13)14(18)19/h7H,2-6,15H2,1H3,(H,18,19). The van der Waals surface area contributed by atoms with Crippen LogP contribution in [0.3, 0.4) is 0 Å². The van der Waals surface area contributed by atoms with Crippen molar-refractivity contribution in [3.05, 3.63) is 16.5 Å². The molecule has 5 nitrogen and oxygen atoms in total. The van der Waals surface area contributed by atoms with Crippen molar-refractivity contribution in [3.8, 4) is 0 Å². The second-order valence-electron chi connectivity index (χ2n) is 5.18. The minimum Gasteiger partial charge on any atom is -0.477 e. The Balaban J connectivity index is 2.11. The van der Waals surface area contributed by atoms with Gasteiger partial charge in [-0.3, -0.25) is 0 Å². The first-order valence-corrected chi connectivity index (χ1v) is 7.57. The minimum atomic E-state index is -0.982. The summed E-state index contributed by atoms with van der Waals surface area (Å²) in [6, 6.07) is 2.02. The Kier molecular flexibility index (Phi) is 3.25. The Morgan fingerprint density at radius 2 is 2.10 bits per heavy atom. The predicted molar refractivity (Wildman–Crippen MR) is 81.8 cm³/mol. The molecule has 3 heterocycles. The third-order valence-corrected chi connectivity index (χ3v) is 4.84. The number of nitrogens with two attached hydrogens (primary N) is 1. The van der Waals surface area contributed by atoms with Crippen molar-refractivity contribution in [2.24, 2.45) is 0 Å². The average molecular weight is 291 g/mol. The average Bonchev–Trinajstić information content (AvgIpc) is 2.77. The first-order valence-electron chi connectivity index (χ1n) is 6.76. The maximum Gasteiger partial charge on any atom is 0.348 e. The summed E-state index contributed by atoms with van der Waals surface area (Å²) in [5, 5.41) is 9.95. The van der Waals surface area contributed by atoms with E-state index in [2.05, 4.69) is 9.88 Å². The van der Waals surface area contributed by atoms with Gasteiger partial charge < -0.3 is 15.7 Å². The molecular formula is C14H17N3O2S. The number of carbonyl (C=O) groups is 1. The molecular weight excluding hydrogens is 274 g/mol. The molecule has 3 N–H and O–H groups in total. The number of fused-ring (bicyclic) bond motifs is 1. The van der Waals surface area contributed by atoms with Gasteiger partial charge in [0.2, 0.25) is 0 Å². The zero-order chi connectivity index (χ0) is 14.3.